The first-order valence-corrected chi connectivity index (χ1v) is 14.8. The third kappa shape index (κ3) is 7.90. The van der Waals surface area contributed by atoms with Gasteiger partial charge in [0.2, 0.25) is 22.0 Å². The summed E-state index contributed by atoms with van der Waals surface area (Å²) in [7, 11) is -3.84. The molecule has 0 radical (unpaired) electrons. The second-order valence-electron chi connectivity index (χ2n) is 7.25. The number of carbonyl (C=O) groups is 2. The predicted molar refractivity (Wildman–Crippen MR) is 144 cm³/mol. The van der Waals surface area contributed by atoms with Gasteiger partial charge in [-0.2, -0.15) is 13.2 Å². The van der Waals surface area contributed by atoms with Crippen molar-refractivity contribution in [2.45, 2.75) is 27.1 Å². The Kier molecular flexibility index (Phi) is 10.5. The standard InChI is InChI=1S/C21H20BrN3O3S3.C2HF3O/c1-12-5-3-8-15(25-18(26)11-22)19(12)13-6-4-7-14(9-13)31(27,28)17-10-16(20(23)24)30-21(17)29-2;3-2(4,5)1-6/h3-10H,11H2,1-2H3,(H3,23,24)(H,25,26);1H. The number of thioether (sulfide) groups is 1. The van der Waals surface area contributed by atoms with Crippen LogP contribution in [0.25, 0.3) is 11.1 Å². The Labute approximate surface area is 228 Å². The van der Waals surface area contributed by atoms with E-state index in [-0.39, 0.29) is 26.9 Å². The molecule has 0 aliphatic carbocycles. The quantitative estimate of drug-likeness (QED) is 0.101. The molecule has 0 atom stereocenters. The number of amidine groups is 1. The lowest BCUT2D eigenvalue weighted by Crippen LogP contribution is -2.13. The van der Waals surface area contributed by atoms with Crippen molar-refractivity contribution < 1.29 is 31.2 Å². The number of anilines is 1. The predicted octanol–water partition coefficient (Wildman–Crippen LogP) is 5.64. The van der Waals surface area contributed by atoms with Gasteiger partial charge in [-0.25, -0.2) is 8.42 Å². The number of hydrogen-bond donors (Lipinski definition) is 3. The average Bonchev–Trinajstić information content (AvgIpc) is 3.30. The Morgan fingerprint density at radius 3 is 2.38 bits per heavy atom. The molecule has 14 heteroatoms. The van der Waals surface area contributed by atoms with Crippen LogP contribution in [0.15, 0.2) is 62.5 Å². The van der Waals surface area contributed by atoms with Crippen molar-refractivity contribution in [2.75, 3.05) is 16.9 Å². The van der Waals surface area contributed by atoms with E-state index >= 15 is 0 Å². The van der Waals surface area contributed by atoms with Gasteiger partial charge in [-0.15, -0.1) is 23.1 Å². The van der Waals surface area contributed by atoms with E-state index in [4.69, 9.17) is 15.9 Å². The molecule has 0 unspecified atom stereocenters. The maximum absolute atomic E-state index is 13.4. The van der Waals surface area contributed by atoms with Gasteiger partial charge >= 0.3 is 6.18 Å². The number of halogens is 4. The topological polar surface area (TPSA) is 130 Å². The molecule has 0 aliphatic heterocycles. The lowest BCUT2D eigenvalue weighted by Gasteiger charge is -2.15. The van der Waals surface area contributed by atoms with Gasteiger partial charge in [0.1, 0.15) is 5.84 Å². The molecule has 0 spiro atoms. The zero-order valence-electron chi connectivity index (χ0n) is 19.4. The van der Waals surface area contributed by atoms with Gasteiger partial charge in [-0.05, 0) is 48.6 Å². The molecule has 0 saturated carbocycles. The van der Waals surface area contributed by atoms with Crippen molar-refractivity contribution in [1.29, 1.82) is 5.41 Å². The molecule has 0 aliphatic rings. The molecule has 2 aromatic carbocycles. The molecule has 3 aromatic rings. The third-order valence-electron chi connectivity index (χ3n) is 4.64. The number of aldehydes is 1. The fraction of sp³-hybridized carbons (Fsp3) is 0.174. The first-order chi connectivity index (χ1) is 17.2. The number of nitrogens with one attached hydrogen (secondary N) is 2. The molecule has 198 valence electrons. The van der Waals surface area contributed by atoms with Crippen molar-refractivity contribution in [3.8, 4) is 11.1 Å². The molecule has 4 N–H and O–H groups in total. The normalized spacial score (nSPS) is 11.3. The SMILES string of the molecule is CSc1sc(C(=N)N)cc1S(=O)(=O)c1cccc(-c2c(C)cccc2NC(=O)CBr)c1.O=CC(F)(F)F. The Hall–Kier alpha value is -2.68. The number of carbonyl (C=O) groups excluding carboxylic acids is 2. The summed E-state index contributed by atoms with van der Waals surface area (Å²) >= 11 is 5.64. The van der Waals surface area contributed by atoms with E-state index in [9.17, 15) is 26.4 Å². The monoisotopic (exact) mass is 635 g/mol. The number of nitrogens with two attached hydrogens (primary N) is 1. The van der Waals surface area contributed by atoms with Crippen molar-refractivity contribution in [3.63, 3.8) is 0 Å². The van der Waals surface area contributed by atoms with Crippen LogP contribution in [-0.4, -0.2) is 44.2 Å². The fourth-order valence-electron chi connectivity index (χ4n) is 3.10. The zero-order chi connectivity index (χ0) is 28.0. The van der Waals surface area contributed by atoms with Crippen LogP contribution >= 0.6 is 39.0 Å². The lowest BCUT2D eigenvalue weighted by molar-refractivity contribution is -0.156. The number of benzene rings is 2. The van der Waals surface area contributed by atoms with Crippen LogP contribution in [0.2, 0.25) is 0 Å². The van der Waals surface area contributed by atoms with Crippen LogP contribution in [0.4, 0.5) is 18.9 Å². The second kappa shape index (κ2) is 12.7. The van der Waals surface area contributed by atoms with E-state index in [0.717, 1.165) is 11.1 Å². The molecule has 7 nitrogen and oxygen atoms in total. The molecule has 3 rings (SSSR count). The summed E-state index contributed by atoms with van der Waals surface area (Å²) in [4.78, 5) is 21.3. The highest BCUT2D eigenvalue weighted by atomic mass is 79.9. The molecule has 1 amide bonds. The average molecular weight is 637 g/mol. The van der Waals surface area contributed by atoms with E-state index in [1.807, 2.05) is 25.1 Å². The summed E-state index contributed by atoms with van der Waals surface area (Å²) in [6.45, 7) is 1.91. The Morgan fingerprint density at radius 1 is 1.22 bits per heavy atom. The van der Waals surface area contributed by atoms with Gasteiger partial charge in [0.05, 0.1) is 24.2 Å². The lowest BCUT2D eigenvalue weighted by atomic mass is 9.98. The van der Waals surface area contributed by atoms with E-state index in [2.05, 4.69) is 21.2 Å². The Bertz CT molecular complexity index is 1420. The minimum atomic E-state index is -4.64. The van der Waals surface area contributed by atoms with Crippen molar-refractivity contribution in [3.05, 3.63) is 59.0 Å². The van der Waals surface area contributed by atoms with Crippen LogP contribution in [-0.2, 0) is 19.4 Å². The Morgan fingerprint density at radius 2 is 1.84 bits per heavy atom. The highest BCUT2D eigenvalue weighted by molar-refractivity contribution is 9.09. The van der Waals surface area contributed by atoms with E-state index in [0.29, 0.717) is 20.3 Å². The van der Waals surface area contributed by atoms with Crippen LogP contribution in [0.3, 0.4) is 0 Å². The first-order valence-electron chi connectivity index (χ1n) is 10.1. The number of aryl methyl sites for hydroxylation is 1. The zero-order valence-corrected chi connectivity index (χ0v) is 23.4. The van der Waals surface area contributed by atoms with Gasteiger partial charge < -0.3 is 11.1 Å². The summed E-state index contributed by atoms with van der Waals surface area (Å²) in [5, 5.41) is 10.6. The van der Waals surface area contributed by atoms with E-state index in [1.165, 1.54) is 29.2 Å². The summed E-state index contributed by atoms with van der Waals surface area (Å²) in [6.07, 6.45) is -3.91. The van der Waals surface area contributed by atoms with Crippen LogP contribution in [0.5, 0.6) is 0 Å². The molecule has 37 heavy (non-hydrogen) atoms. The van der Waals surface area contributed by atoms with E-state index < -0.39 is 22.3 Å². The molecule has 1 heterocycles. The highest BCUT2D eigenvalue weighted by Crippen LogP contribution is 2.38. The smallest absolute Gasteiger partial charge is 0.383 e. The maximum atomic E-state index is 13.4. The van der Waals surface area contributed by atoms with E-state index in [1.54, 1.807) is 30.5 Å². The molecular weight excluding hydrogens is 615 g/mol. The maximum Gasteiger partial charge on any atom is 0.446 e. The minimum absolute atomic E-state index is 0.134. The number of hydrogen-bond acceptors (Lipinski definition) is 7. The summed E-state index contributed by atoms with van der Waals surface area (Å²) < 4.78 is 58.7. The summed E-state index contributed by atoms with van der Waals surface area (Å²) in [5.41, 5.74) is 8.52. The molecule has 0 fully saturated rings. The van der Waals surface area contributed by atoms with Gasteiger partial charge in [0.15, 0.2) is 0 Å². The van der Waals surface area contributed by atoms with Crippen molar-refractivity contribution in [2.24, 2.45) is 5.73 Å². The van der Waals surface area contributed by atoms with Crippen LogP contribution in [0, 0.1) is 12.3 Å². The Balaban J connectivity index is 0.000000717. The van der Waals surface area contributed by atoms with Crippen molar-refractivity contribution >= 4 is 72.6 Å². The van der Waals surface area contributed by atoms with Gasteiger partial charge in [0.25, 0.3) is 0 Å². The number of thiophene rings is 1. The van der Waals surface area contributed by atoms with Crippen molar-refractivity contribution in [1.82, 2.24) is 0 Å². The van der Waals surface area contributed by atoms with Gasteiger partial charge in [-0.3, -0.25) is 15.0 Å². The summed E-state index contributed by atoms with van der Waals surface area (Å²) in [6, 6.07) is 13.6. The summed E-state index contributed by atoms with van der Waals surface area (Å²) in [5.74, 6) is -0.363. The molecule has 0 saturated heterocycles. The molecule has 1 aromatic heterocycles. The number of alkyl halides is 4. The molecule has 0 bridgehead atoms. The minimum Gasteiger partial charge on any atom is -0.383 e. The second-order valence-corrected chi connectivity index (χ2v) is 11.9. The fourth-order valence-corrected chi connectivity index (χ4v) is 7.15. The number of sulfone groups is 1. The molecular formula is C23H21BrF3N3O4S3. The van der Waals surface area contributed by atoms with Gasteiger partial charge in [0, 0.05) is 11.3 Å². The number of nitrogen functional groups attached to an aromatic ring is 1. The number of rotatable bonds is 7. The highest BCUT2D eigenvalue weighted by Gasteiger charge is 2.26. The first kappa shape index (κ1) is 30.5. The van der Waals surface area contributed by atoms with Crippen LogP contribution in [0.1, 0.15) is 10.4 Å². The largest absolute Gasteiger partial charge is 0.446 e. The van der Waals surface area contributed by atoms with Crippen LogP contribution < -0.4 is 11.1 Å². The number of amides is 1. The van der Waals surface area contributed by atoms with Gasteiger partial charge in [-0.1, -0.05) is 40.2 Å². The third-order valence-corrected chi connectivity index (χ3v) is 9.49.